The first kappa shape index (κ1) is 25.0. The van der Waals surface area contributed by atoms with Gasteiger partial charge in [-0.3, -0.25) is 9.59 Å². The lowest BCUT2D eigenvalue weighted by molar-refractivity contribution is -0.151. The number of hydrogen-bond donors (Lipinski definition) is 4. The van der Waals surface area contributed by atoms with E-state index in [0.717, 1.165) is 0 Å². The summed E-state index contributed by atoms with van der Waals surface area (Å²) in [7, 11) is 0. The van der Waals surface area contributed by atoms with Crippen LogP contribution in [0.1, 0.15) is 53.4 Å². The Morgan fingerprint density at radius 3 is 1.75 bits per heavy atom. The molecule has 4 N–H and O–H groups in total. The molecule has 0 aliphatic rings. The van der Waals surface area contributed by atoms with Crippen LogP contribution in [-0.4, -0.2) is 70.0 Å². The highest BCUT2D eigenvalue weighted by Crippen LogP contribution is 2.00. The molecule has 0 fully saturated rings. The second-order valence-electron chi connectivity index (χ2n) is 5.78. The molecular formula is C16H32O8. The number of hydrogen-bond acceptors (Lipinski definition) is 8. The number of aliphatic hydroxyl groups is 4. The number of esters is 2. The zero-order chi connectivity index (χ0) is 19.1. The summed E-state index contributed by atoms with van der Waals surface area (Å²) in [4.78, 5) is 21.6. The first-order valence-corrected chi connectivity index (χ1v) is 8.08. The minimum absolute atomic E-state index is 0.00310. The average Bonchev–Trinajstić information content (AvgIpc) is 2.36. The lowest BCUT2D eigenvalue weighted by Crippen LogP contribution is -2.19. The largest absolute Gasteiger partial charge is 0.466 e. The maximum Gasteiger partial charge on any atom is 0.308 e. The molecule has 0 amide bonds. The van der Waals surface area contributed by atoms with Crippen LogP contribution in [0.4, 0.5) is 0 Å². The molecule has 0 bridgehead atoms. The van der Waals surface area contributed by atoms with Gasteiger partial charge in [-0.25, -0.2) is 0 Å². The molecule has 8 heteroatoms. The van der Waals surface area contributed by atoms with Crippen LogP contribution < -0.4 is 0 Å². The Kier molecular flexibility index (Phi) is 16.0. The first-order chi connectivity index (χ1) is 11.1. The van der Waals surface area contributed by atoms with Gasteiger partial charge in [-0.2, -0.15) is 0 Å². The van der Waals surface area contributed by atoms with Crippen molar-refractivity contribution >= 4 is 11.9 Å². The third-order valence-corrected chi connectivity index (χ3v) is 2.59. The normalized spacial score (nSPS) is 15.3. The molecule has 0 aromatic rings. The van der Waals surface area contributed by atoms with Crippen molar-refractivity contribution in [2.75, 3.05) is 13.2 Å². The predicted octanol–water partition coefficient (Wildman–Crippen LogP) is 0.143. The topological polar surface area (TPSA) is 134 Å². The fourth-order valence-electron chi connectivity index (χ4n) is 1.40. The van der Waals surface area contributed by atoms with Gasteiger partial charge in [0, 0.05) is 19.4 Å². The summed E-state index contributed by atoms with van der Waals surface area (Å²) in [5.74, 6) is -0.850. The Morgan fingerprint density at radius 2 is 1.33 bits per heavy atom. The molecule has 0 radical (unpaired) electrons. The van der Waals surface area contributed by atoms with Crippen LogP contribution in [0.2, 0.25) is 0 Å². The van der Waals surface area contributed by atoms with Crippen molar-refractivity contribution in [3.05, 3.63) is 0 Å². The van der Waals surface area contributed by atoms with Crippen molar-refractivity contribution in [1.29, 1.82) is 0 Å². The maximum absolute atomic E-state index is 10.9. The molecule has 0 aliphatic carbocycles. The van der Waals surface area contributed by atoms with E-state index in [9.17, 15) is 9.59 Å². The van der Waals surface area contributed by atoms with E-state index in [1.807, 2.05) is 0 Å². The summed E-state index contributed by atoms with van der Waals surface area (Å²) >= 11 is 0. The van der Waals surface area contributed by atoms with E-state index in [1.165, 1.54) is 13.8 Å². The second-order valence-corrected chi connectivity index (χ2v) is 5.78. The molecule has 24 heavy (non-hydrogen) atoms. The first-order valence-electron chi connectivity index (χ1n) is 8.08. The molecule has 1 unspecified atom stereocenters. The van der Waals surface area contributed by atoms with Gasteiger partial charge in [-0.1, -0.05) is 0 Å². The number of aliphatic hydroxyl groups excluding tert-OH is 4. The zero-order valence-electron chi connectivity index (χ0n) is 15.0. The number of rotatable bonds is 10. The van der Waals surface area contributed by atoms with E-state index in [2.05, 4.69) is 0 Å². The van der Waals surface area contributed by atoms with Gasteiger partial charge in [0.15, 0.2) is 0 Å². The molecule has 0 saturated carbocycles. The predicted molar refractivity (Wildman–Crippen MR) is 87.1 cm³/mol. The van der Waals surface area contributed by atoms with E-state index >= 15 is 0 Å². The lowest BCUT2D eigenvalue weighted by Gasteiger charge is -2.12. The Labute approximate surface area is 143 Å². The van der Waals surface area contributed by atoms with Gasteiger partial charge in [0.2, 0.25) is 0 Å². The van der Waals surface area contributed by atoms with Crippen LogP contribution >= 0.6 is 0 Å². The minimum Gasteiger partial charge on any atom is -0.466 e. The molecule has 0 aromatic carbocycles. The Morgan fingerprint density at radius 1 is 0.833 bits per heavy atom. The molecule has 0 heterocycles. The molecule has 0 aromatic heterocycles. The van der Waals surface area contributed by atoms with E-state index < -0.39 is 30.3 Å². The number of carbonyl (C=O) groups excluding carboxylic acids is 2. The Bertz CT molecular complexity index is 328. The minimum atomic E-state index is -0.668. The number of carbonyl (C=O) groups is 2. The van der Waals surface area contributed by atoms with Gasteiger partial charge in [-0.05, 0) is 27.7 Å². The van der Waals surface area contributed by atoms with E-state index in [1.54, 1.807) is 13.8 Å². The standard InChI is InChI=1S/2C8H16O4/c1-6(10)5-8(11)12-7(2)3-4-9;1-6(9)3-4-12-8(11)5-7(2)10/h2*6-7,9-10H,3-5H2,1-2H3/t6-,7?;6-,7-/m11/s1. The van der Waals surface area contributed by atoms with Crippen molar-refractivity contribution in [3.63, 3.8) is 0 Å². The van der Waals surface area contributed by atoms with E-state index in [-0.39, 0.29) is 32.2 Å². The van der Waals surface area contributed by atoms with Gasteiger partial charge in [0.1, 0.15) is 6.10 Å². The van der Waals surface area contributed by atoms with Crippen molar-refractivity contribution in [1.82, 2.24) is 0 Å². The maximum atomic E-state index is 10.9. The third-order valence-electron chi connectivity index (χ3n) is 2.59. The van der Waals surface area contributed by atoms with Crippen LogP contribution in [0.15, 0.2) is 0 Å². The van der Waals surface area contributed by atoms with Crippen molar-refractivity contribution < 1.29 is 39.5 Å². The van der Waals surface area contributed by atoms with Crippen LogP contribution in [0.3, 0.4) is 0 Å². The van der Waals surface area contributed by atoms with E-state index in [4.69, 9.17) is 29.9 Å². The van der Waals surface area contributed by atoms with Gasteiger partial charge >= 0.3 is 11.9 Å². The molecule has 8 nitrogen and oxygen atoms in total. The smallest absolute Gasteiger partial charge is 0.308 e. The summed E-state index contributed by atoms with van der Waals surface area (Å²) in [5.41, 5.74) is 0. The number of ether oxygens (including phenoxy) is 2. The second kappa shape index (κ2) is 15.3. The molecule has 0 spiro atoms. The Balaban J connectivity index is 0. The highest BCUT2D eigenvalue weighted by atomic mass is 16.5. The van der Waals surface area contributed by atoms with Crippen molar-refractivity contribution in [2.24, 2.45) is 0 Å². The molecule has 144 valence electrons. The monoisotopic (exact) mass is 352 g/mol. The summed E-state index contributed by atoms with van der Waals surface area (Å²) in [6.07, 6.45) is -1.17. The van der Waals surface area contributed by atoms with Crippen molar-refractivity contribution in [2.45, 2.75) is 77.8 Å². The van der Waals surface area contributed by atoms with Gasteiger partial charge in [-0.15, -0.1) is 0 Å². The lowest BCUT2D eigenvalue weighted by atomic mass is 10.3. The van der Waals surface area contributed by atoms with Crippen molar-refractivity contribution in [3.8, 4) is 0 Å². The quantitative estimate of drug-likeness (QED) is 0.408. The van der Waals surface area contributed by atoms with Gasteiger partial charge < -0.3 is 29.9 Å². The molecular weight excluding hydrogens is 320 g/mol. The van der Waals surface area contributed by atoms with Crippen LogP contribution in [0.25, 0.3) is 0 Å². The summed E-state index contributed by atoms with van der Waals surface area (Å²) in [5, 5.41) is 34.9. The van der Waals surface area contributed by atoms with Gasteiger partial charge in [0.25, 0.3) is 0 Å². The zero-order valence-corrected chi connectivity index (χ0v) is 15.0. The summed E-state index contributed by atoms with van der Waals surface area (Å²) in [6, 6.07) is 0. The molecule has 0 saturated heterocycles. The molecule has 0 aliphatic heterocycles. The van der Waals surface area contributed by atoms with E-state index in [0.29, 0.717) is 12.8 Å². The van der Waals surface area contributed by atoms with Crippen LogP contribution in [0, 0.1) is 0 Å². The third kappa shape index (κ3) is 20.8. The van der Waals surface area contributed by atoms with Crippen LogP contribution in [-0.2, 0) is 19.1 Å². The summed E-state index contributed by atoms with van der Waals surface area (Å²) < 4.78 is 9.55. The highest BCUT2D eigenvalue weighted by molar-refractivity contribution is 5.70. The SMILES string of the molecule is CC(CCO)OC(=O)C[C@@H](C)O.C[C@@H](O)CCOC(=O)C[C@@H](C)O. The average molecular weight is 352 g/mol. The molecule has 0 rings (SSSR count). The molecule has 4 atom stereocenters. The van der Waals surface area contributed by atoms with Crippen LogP contribution in [0.5, 0.6) is 0 Å². The highest BCUT2D eigenvalue weighted by Gasteiger charge is 2.11. The fraction of sp³-hybridized carbons (Fsp3) is 0.875. The fourth-order valence-corrected chi connectivity index (χ4v) is 1.40. The Hall–Kier alpha value is -1.22. The summed E-state index contributed by atoms with van der Waals surface area (Å²) in [6.45, 7) is 6.60. The van der Waals surface area contributed by atoms with Gasteiger partial charge in [0.05, 0.1) is 37.8 Å².